The van der Waals surface area contributed by atoms with Gasteiger partial charge in [-0.2, -0.15) is 12.6 Å². The predicted molar refractivity (Wildman–Crippen MR) is 79.5 cm³/mol. The summed E-state index contributed by atoms with van der Waals surface area (Å²) in [5, 5.41) is 0. The summed E-state index contributed by atoms with van der Waals surface area (Å²) >= 11 is 11.2. The van der Waals surface area contributed by atoms with Gasteiger partial charge in [-0.15, -0.1) is 0 Å². The maximum Gasteiger partial charge on any atom is 0.133 e. The number of thiol groups is 1. The third-order valence-corrected chi connectivity index (χ3v) is 4.11. The molecule has 16 heavy (non-hydrogen) atoms. The molecule has 0 amide bonds. The molecule has 4 heteroatoms. The fraction of sp³-hybridized carbons (Fsp3) is 0.500. The molecule has 1 rings (SSSR count). The summed E-state index contributed by atoms with van der Waals surface area (Å²) in [6, 6.07) is 5.93. The smallest absolute Gasteiger partial charge is 0.133 e. The van der Waals surface area contributed by atoms with Crippen LogP contribution in [0.15, 0.2) is 27.1 Å². The van der Waals surface area contributed by atoms with Crippen LogP contribution in [0.3, 0.4) is 0 Å². The van der Waals surface area contributed by atoms with Crippen LogP contribution in [0.4, 0.5) is 0 Å². The number of rotatable bonds is 5. The molecule has 0 bridgehead atoms. The molecule has 0 aromatic heterocycles. The van der Waals surface area contributed by atoms with E-state index in [4.69, 9.17) is 4.74 Å². The molecule has 0 aliphatic rings. The highest BCUT2D eigenvalue weighted by molar-refractivity contribution is 9.11. The van der Waals surface area contributed by atoms with Gasteiger partial charge in [-0.05, 0) is 45.8 Å². The van der Waals surface area contributed by atoms with Gasteiger partial charge in [-0.1, -0.05) is 29.8 Å². The van der Waals surface area contributed by atoms with Gasteiger partial charge in [-0.3, -0.25) is 0 Å². The molecule has 0 fully saturated rings. The molecule has 90 valence electrons. The average Bonchev–Trinajstić information content (AvgIpc) is 2.21. The molecule has 0 saturated heterocycles. The minimum Gasteiger partial charge on any atom is -0.492 e. The Morgan fingerprint density at radius 1 is 1.31 bits per heavy atom. The Morgan fingerprint density at radius 3 is 2.50 bits per heavy atom. The fourth-order valence-corrected chi connectivity index (χ4v) is 2.93. The van der Waals surface area contributed by atoms with E-state index >= 15 is 0 Å². The van der Waals surface area contributed by atoms with Crippen molar-refractivity contribution in [3.05, 3.63) is 27.1 Å². The first-order chi connectivity index (χ1) is 7.54. The Labute approximate surface area is 120 Å². The van der Waals surface area contributed by atoms with E-state index in [9.17, 15) is 0 Å². The Kier molecular flexibility index (Phi) is 6.22. The lowest BCUT2D eigenvalue weighted by Gasteiger charge is -2.19. The standard InChI is InChI=1S/C12H16Br2OS/c1-8(2)9(7-16)6-15-12-4-3-10(13)5-11(12)14/h3-5,8-9,16H,6-7H2,1-2H3. The summed E-state index contributed by atoms with van der Waals surface area (Å²) < 4.78 is 7.81. The molecule has 1 aromatic carbocycles. The summed E-state index contributed by atoms with van der Waals surface area (Å²) in [6.45, 7) is 5.10. The lowest BCUT2D eigenvalue weighted by molar-refractivity contribution is 0.226. The van der Waals surface area contributed by atoms with Crippen LogP contribution in [-0.2, 0) is 0 Å². The number of benzene rings is 1. The van der Waals surface area contributed by atoms with Crippen molar-refractivity contribution in [3.63, 3.8) is 0 Å². The van der Waals surface area contributed by atoms with Crippen molar-refractivity contribution in [3.8, 4) is 5.75 Å². The SMILES string of the molecule is CC(C)C(CS)COc1ccc(Br)cc1Br. The topological polar surface area (TPSA) is 9.23 Å². The monoisotopic (exact) mass is 366 g/mol. The molecule has 0 aliphatic heterocycles. The molecule has 1 nitrogen and oxygen atoms in total. The Hall–Kier alpha value is 0.330. The molecule has 0 radical (unpaired) electrons. The number of hydrogen-bond acceptors (Lipinski definition) is 2. The highest BCUT2D eigenvalue weighted by Gasteiger charge is 2.13. The van der Waals surface area contributed by atoms with E-state index in [1.807, 2.05) is 18.2 Å². The second-order valence-corrected chi connectivity index (χ2v) is 6.21. The van der Waals surface area contributed by atoms with E-state index in [0.717, 1.165) is 20.4 Å². The zero-order valence-electron chi connectivity index (χ0n) is 9.41. The number of halogens is 2. The largest absolute Gasteiger partial charge is 0.492 e. The van der Waals surface area contributed by atoms with Crippen LogP contribution in [-0.4, -0.2) is 12.4 Å². The lowest BCUT2D eigenvalue weighted by Crippen LogP contribution is -2.19. The molecule has 0 heterocycles. The molecule has 1 unspecified atom stereocenters. The maximum absolute atomic E-state index is 5.79. The van der Waals surface area contributed by atoms with Crippen molar-refractivity contribution in [2.75, 3.05) is 12.4 Å². The van der Waals surface area contributed by atoms with Crippen molar-refractivity contribution in [2.24, 2.45) is 11.8 Å². The lowest BCUT2D eigenvalue weighted by atomic mass is 9.99. The summed E-state index contributed by atoms with van der Waals surface area (Å²) in [5.41, 5.74) is 0. The van der Waals surface area contributed by atoms with Crippen molar-refractivity contribution in [2.45, 2.75) is 13.8 Å². The summed E-state index contributed by atoms with van der Waals surface area (Å²) in [7, 11) is 0. The van der Waals surface area contributed by atoms with Crippen molar-refractivity contribution >= 4 is 44.5 Å². The van der Waals surface area contributed by atoms with Gasteiger partial charge in [0.25, 0.3) is 0 Å². The second-order valence-electron chi connectivity index (χ2n) is 4.07. The van der Waals surface area contributed by atoms with Crippen LogP contribution >= 0.6 is 44.5 Å². The van der Waals surface area contributed by atoms with E-state index in [0.29, 0.717) is 18.4 Å². The first kappa shape index (κ1) is 14.4. The van der Waals surface area contributed by atoms with E-state index in [-0.39, 0.29) is 0 Å². The van der Waals surface area contributed by atoms with Gasteiger partial charge in [0.1, 0.15) is 5.75 Å². The summed E-state index contributed by atoms with van der Waals surface area (Å²) in [5.74, 6) is 2.81. The average molecular weight is 368 g/mol. The van der Waals surface area contributed by atoms with Crippen LogP contribution in [0.2, 0.25) is 0 Å². The van der Waals surface area contributed by atoms with E-state index < -0.39 is 0 Å². The zero-order chi connectivity index (χ0) is 12.1. The second kappa shape index (κ2) is 6.92. The highest BCUT2D eigenvalue weighted by atomic mass is 79.9. The van der Waals surface area contributed by atoms with Crippen molar-refractivity contribution in [1.82, 2.24) is 0 Å². The Balaban J connectivity index is 2.60. The minimum absolute atomic E-state index is 0.485. The first-order valence-electron chi connectivity index (χ1n) is 5.23. The van der Waals surface area contributed by atoms with Crippen molar-refractivity contribution in [1.29, 1.82) is 0 Å². The normalized spacial score (nSPS) is 12.9. The van der Waals surface area contributed by atoms with Gasteiger partial charge >= 0.3 is 0 Å². The number of hydrogen-bond donors (Lipinski definition) is 1. The summed E-state index contributed by atoms with van der Waals surface area (Å²) in [4.78, 5) is 0. The molecule has 0 aliphatic carbocycles. The highest BCUT2D eigenvalue weighted by Crippen LogP contribution is 2.29. The van der Waals surface area contributed by atoms with E-state index in [1.54, 1.807) is 0 Å². The van der Waals surface area contributed by atoms with E-state index in [2.05, 4.69) is 58.3 Å². The number of ether oxygens (including phenoxy) is 1. The van der Waals surface area contributed by atoms with Gasteiger partial charge in [-0.25, -0.2) is 0 Å². The minimum atomic E-state index is 0.485. The van der Waals surface area contributed by atoms with Gasteiger partial charge in [0, 0.05) is 10.4 Å². The third kappa shape index (κ3) is 4.30. The molecule has 1 atom stereocenters. The van der Waals surface area contributed by atoms with Gasteiger partial charge in [0.05, 0.1) is 11.1 Å². The third-order valence-electron chi connectivity index (χ3n) is 2.52. The summed E-state index contributed by atoms with van der Waals surface area (Å²) in [6.07, 6.45) is 0. The van der Waals surface area contributed by atoms with Gasteiger partial charge in [0.15, 0.2) is 0 Å². The van der Waals surface area contributed by atoms with Crippen molar-refractivity contribution < 1.29 is 4.74 Å². The fourth-order valence-electron chi connectivity index (χ4n) is 1.25. The molecule has 0 N–H and O–H groups in total. The zero-order valence-corrected chi connectivity index (χ0v) is 13.5. The quantitative estimate of drug-likeness (QED) is 0.736. The first-order valence-corrected chi connectivity index (χ1v) is 7.45. The van der Waals surface area contributed by atoms with E-state index in [1.165, 1.54) is 0 Å². The van der Waals surface area contributed by atoms with Gasteiger partial charge < -0.3 is 4.74 Å². The van der Waals surface area contributed by atoms with Crippen LogP contribution in [0.1, 0.15) is 13.8 Å². The molecular weight excluding hydrogens is 352 g/mol. The Morgan fingerprint density at radius 2 is 2.00 bits per heavy atom. The van der Waals surface area contributed by atoms with Crippen LogP contribution in [0.25, 0.3) is 0 Å². The van der Waals surface area contributed by atoms with Crippen LogP contribution in [0, 0.1) is 11.8 Å². The van der Waals surface area contributed by atoms with Crippen LogP contribution in [0.5, 0.6) is 5.75 Å². The maximum atomic E-state index is 5.79. The molecular formula is C12H16Br2OS. The molecule has 0 saturated carbocycles. The predicted octanol–water partition coefficient (Wildman–Crippen LogP) is 4.79. The molecule has 1 aromatic rings. The van der Waals surface area contributed by atoms with Gasteiger partial charge in [0.2, 0.25) is 0 Å². The Bertz CT molecular complexity index is 342. The van der Waals surface area contributed by atoms with Crippen LogP contribution < -0.4 is 4.74 Å². The molecule has 0 spiro atoms.